The molecule has 0 aromatic heterocycles. The van der Waals surface area contributed by atoms with Crippen LogP contribution < -0.4 is 10.5 Å². The summed E-state index contributed by atoms with van der Waals surface area (Å²) in [4.78, 5) is 2.20. The van der Waals surface area contributed by atoms with Crippen molar-refractivity contribution >= 4 is 27.3 Å². The molecule has 1 fully saturated rings. The number of anilines is 1. The van der Waals surface area contributed by atoms with E-state index in [1.165, 1.54) is 18.2 Å². The lowest BCUT2D eigenvalue weighted by Gasteiger charge is -2.36. The van der Waals surface area contributed by atoms with Crippen molar-refractivity contribution in [3.63, 3.8) is 0 Å². The second-order valence-electron chi connectivity index (χ2n) is 5.83. The van der Waals surface area contributed by atoms with Gasteiger partial charge in [0.15, 0.2) is 0 Å². The Morgan fingerprint density at radius 2 is 1.95 bits per heavy atom. The minimum atomic E-state index is -3.63. The Kier molecular flexibility index (Phi) is 4.82. The topological polar surface area (TPSA) is 75.4 Å². The molecule has 1 saturated carbocycles. The van der Waals surface area contributed by atoms with Crippen LogP contribution in [0.1, 0.15) is 25.7 Å². The first-order valence-corrected chi connectivity index (χ1v) is 8.85. The zero-order valence-corrected chi connectivity index (χ0v) is 14.0. The number of rotatable bonds is 5. The Morgan fingerprint density at radius 3 is 2.48 bits per heavy atom. The molecule has 1 aliphatic carbocycles. The Labute approximate surface area is 131 Å². The van der Waals surface area contributed by atoms with Crippen LogP contribution in [0.3, 0.4) is 0 Å². The lowest BCUT2D eigenvalue weighted by atomic mass is 9.97. The van der Waals surface area contributed by atoms with E-state index in [2.05, 4.69) is 9.62 Å². The molecule has 0 spiro atoms. The van der Waals surface area contributed by atoms with Crippen molar-refractivity contribution in [2.24, 2.45) is 0 Å². The highest BCUT2D eigenvalue weighted by molar-refractivity contribution is 7.89. The van der Waals surface area contributed by atoms with Gasteiger partial charge < -0.3 is 10.6 Å². The van der Waals surface area contributed by atoms with Gasteiger partial charge in [-0.25, -0.2) is 13.1 Å². The number of hydrogen-bond acceptors (Lipinski definition) is 4. The van der Waals surface area contributed by atoms with Crippen molar-refractivity contribution < 1.29 is 8.42 Å². The minimum absolute atomic E-state index is 0.0822. The number of halogens is 1. The van der Waals surface area contributed by atoms with Gasteiger partial charge in [0.25, 0.3) is 0 Å². The average molecular weight is 332 g/mol. The first-order valence-electron chi connectivity index (χ1n) is 6.99. The van der Waals surface area contributed by atoms with Crippen molar-refractivity contribution in [1.82, 2.24) is 9.62 Å². The number of nitrogens with one attached hydrogen (secondary N) is 1. The Balaban J connectivity index is 2.18. The van der Waals surface area contributed by atoms with Crippen LogP contribution in [-0.2, 0) is 10.0 Å². The van der Waals surface area contributed by atoms with Gasteiger partial charge >= 0.3 is 0 Å². The fourth-order valence-corrected chi connectivity index (χ4v) is 4.30. The van der Waals surface area contributed by atoms with E-state index in [1.807, 2.05) is 14.1 Å². The van der Waals surface area contributed by atoms with Gasteiger partial charge in [0, 0.05) is 17.1 Å². The number of likely N-dealkylation sites (N-methyl/N-ethyl adjacent to an activating group) is 1. The van der Waals surface area contributed by atoms with Gasteiger partial charge in [0.2, 0.25) is 10.0 Å². The molecule has 2 rings (SSSR count). The lowest BCUT2D eigenvalue weighted by molar-refractivity contribution is 0.162. The predicted molar refractivity (Wildman–Crippen MR) is 85.9 cm³/mol. The van der Waals surface area contributed by atoms with E-state index >= 15 is 0 Å². The minimum Gasteiger partial charge on any atom is -0.398 e. The Bertz CT molecular complexity index is 611. The largest absolute Gasteiger partial charge is 0.398 e. The summed E-state index contributed by atoms with van der Waals surface area (Å²) >= 11 is 5.81. The van der Waals surface area contributed by atoms with Crippen LogP contribution in [0.4, 0.5) is 5.69 Å². The fraction of sp³-hybridized carbons (Fsp3) is 0.571. The maximum absolute atomic E-state index is 12.4. The molecule has 118 valence electrons. The lowest BCUT2D eigenvalue weighted by Crippen LogP contribution is -2.50. The summed E-state index contributed by atoms with van der Waals surface area (Å²) in [6, 6.07) is 4.42. The van der Waals surface area contributed by atoms with E-state index in [9.17, 15) is 8.42 Å². The molecule has 0 heterocycles. The first-order chi connectivity index (χ1) is 9.77. The van der Waals surface area contributed by atoms with Crippen LogP contribution in [0.15, 0.2) is 23.1 Å². The molecule has 5 nitrogen and oxygen atoms in total. The van der Waals surface area contributed by atoms with Crippen molar-refractivity contribution in [3.8, 4) is 0 Å². The third-order valence-electron chi connectivity index (χ3n) is 4.34. The maximum atomic E-state index is 12.4. The van der Waals surface area contributed by atoms with Crippen LogP contribution in [-0.4, -0.2) is 39.5 Å². The summed E-state index contributed by atoms with van der Waals surface area (Å²) in [6.45, 7) is 0.393. The van der Waals surface area contributed by atoms with Gasteiger partial charge in [-0.05, 0) is 45.1 Å². The van der Waals surface area contributed by atoms with Gasteiger partial charge in [-0.2, -0.15) is 0 Å². The highest BCUT2D eigenvalue weighted by atomic mass is 35.5. The number of nitrogens with two attached hydrogens (primary N) is 1. The summed E-state index contributed by atoms with van der Waals surface area (Å²) < 4.78 is 27.6. The SMILES string of the molecule is CN(C)C1(CNS(=O)(=O)c2ccc(Cl)cc2N)CCCC1. The third kappa shape index (κ3) is 3.51. The van der Waals surface area contributed by atoms with Crippen molar-refractivity contribution in [1.29, 1.82) is 0 Å². The van der Waals surface area contributed by atoms with E-state index < -0.39 is 10.0 Å². The summed E-state index contributed by atoms with van der Waals surface area (Å²) in [7, 11) is 0.365. The fourth-order valence-electron chi connectivity index (χ4n) is 2.89. The number of hydrogen-bond donors (Lipinski definition) is 2. The van der Waals surface area contributed by atoms with Crippen molar-refractivity contribution in [2.45, 2.75) is 36.1 Å². The highest BCUT2D eigenvalue weighted by Gasteiger charge is 2.37. The van der Waals surface area contributed by atoms with Crippen LogP contribution in [0.5, 0.6) is 0 Å². The zero-order valence-electron chi connectivity index (χ0n) is 12.4. The molecular formula is C14H22ClN3O2S. The van der Waals surface area contributed by atoms with E-state index in [0.29, 0.717) is 11.6 Å². The summed E-state index contributed by atoms with van der Waals surface area (Å²) in [6.07, 6.45) is 4.25. The van der Waals surface area contributed by atoms with Gasteiger partial charge in [-0.15, -0.1) is 0 Å². The standard InChI is InChI=1S/C14H22ClN3O2S/c1-18(2)14(7-3-4-8-14)10-17-21(19,20)13-6-5-11(15)9-12(13)16/h5-6,9,17H,3-4,7-8,10,16H2,1-2H3. The molecule has 0 radical (unpaired) electrons. The van der Waals surface area contributed by atoms with E-state index in [-0.39, 0.29) is 16.1 Å². The quantitative estimate of drug-likeness (QED) is 0.810. The molecule has 3 N–H and O–H groups in total. The predicted octanol–water partition coefficient (Wildman–Crippen LogP) is 2.07. The van der Waals surface area contributed by atoms with Crippen molar-refractivity contribution in [2.75, 3.05) is 26.4 Å². The third-order valence-corrected chi connectivity index (χ3v) is 6.05. The average Bonchev–Trinajstić information content (AvgIpc) is 2.86. The summed E-state index contributed by atoms with van der Waals surface area (Å²) in [5.41, 5.74) is 5.83. The normalized spacial score (nSPS) is 18.3. The molecule has 1 aromatic carbocycles. The smallest absolute Gasteiger partial charge is 0.242 e. The summed E-state index contributed by atoms with van der Waals surface area (Å²) in [5.74, 6) is 0. The van der Waals surface area contributed by atoms with Crippen LogP contribution in [0, 0.1) is 0 Å². The first kappa shape index (κ1) is 16.5. The number of nitrogen functional groups attached to an aromatic ring is 1. The molecule has 0 saturated heterocycles. The van der Waals surface area contributed by atoms with Crippen LogP contribution in [0.25, 0.3) is 0 Å². The zero-order chi connectivity index (χ0) is 15.7. The molecule has 1 aliphatic rings. The molecular weight excluding hydrogens is 310 g/mol. The van der Waals surface area contributed by atoms with Gasteiger partial charge in [0.05, 0.1) is 5.69 Å². The molecule has 1 aromatic rings. The van der Waals surface area contributed by atoms with Crippen LogP contribution in [0.2, 0.25) is 5.02 Å². The molecule has 21 heavy (non-hydrogen) atoms. The molecule has 0 amide bonds. The number of benzene rings is 1. The van der Waals surface area contributed by atoms with E-state index in [0.717, 1.165) is 25.7 Å². The monoisotopic (exact) mass is 331 g/mol. The van der Waals surface area contributed by atoms with Crippen molar-refractivity contribution in [3.05, 3.63) is 23.2 Å². The number of sulfonamides is 1. The Morgan fingerprint density at radius 1 is 1.33 bits per heavy atom. The second-order valence-corrected chi connectivity index (χ2v) is 8.00. The van der Waals surface area contributed by atoms with Crippen LogP contribution >= 0.6 is 11.6 Å². The summed E-state index contributed by atoms with van der Waals surface area (Å²) in [5, 5.41) is 0.423. The highest BCUT2D eigenvalue weighted by Crippen LogP contribution is 2.33. The Hall–Kier alpha value is -0.820. The van der Waals surface area contributed by atoms with E-state index in [1.54, 1.807) is 0 Å². The van der Waals surface area contributed by atoms with Gasteiger partial charge in [-0.1, -0.05) is 24.4 Å². The molecule has 0 unspecified atom stereocenters. The van der Waals surface area contributed by atoms with Gasteiger partial charge in [-0.3, -0.25) is 0 Å². The second kappa shape index (κ2) is 6.12. The number of nitrogens with zero attached hydrogens (tertiary/aromatic N) is 1. The molecule has 0 bridgehead atoms. The molecule has 7 heteroatoms. The van der Waals surface area contributed by atoms with Gasteiger partial charge in [0.1, 0.15) is 4.90 Å². The van der Waals surface area contributed by atoms with E-state index in [4.69, 9.17) is 17.3 Å². The molecule has 0 atom stereocenters. The maximum Gasteiger partial charge on any atom is 0.242 e. The molecule has 0 aliphatic heterocycles.